The van der Waals surface area contributed by atoms with E-state index in [1.165, 1.54) is 31.2 Å². The number of ether oxygens (including phenoxy) is 2. The Bertz CT molecular complexity index is 878. The number of nitrogens with one attached hydrogen (secondary N) is 2. The fourth-order valence-corrected chi connectivity index (χ4v) is 5.86. The maximum absolute atomic E-state index is 6.16. The highest BCUT2D eigenvalue weighted by Gasteiger charge is 2.65. The van der Waals surface area contributed by atoms with Crippen LogP contribution in [0.15, 0.2) is 52.1 Å². The molecule has 1 saturated heterocycles. The monoisotopic (exact) mass is 551 g/mol. The van der Waals surface area contributed by atoms with E-state index in [0.29, 0.717) is 30.0 Å². The average Bonchev–Trinajstić information content (AvgIpc) is 3.56. The average molecular weight is 551 g/mol. The minimum absolute atomic E-state index is 0. The van der Waals surface area contributed by atoms with Crippen LogP contribution < -0.4 is 15.4 Å². The van der Waals surface area contributed by atoms with Crippen molar-refractivity contribution in [1.29, 1.82) is 0 Å². The van der Waals surface area contributed by atoms with Crippen LogP contribution in [0.1, 0.15) is 43.4 Å². The number of methoxy groups -OCH3 is 1. The molecule has 2 heterocycles. The van der Waals surface area contributed by atoms with Crippen LogP contribution in [-0.2, 0) is 17.7 Å². The molecule has 0 amide bonds. The fraction of sp³-hybridized carbons (Fsp3) is 0.560. The summed E-state index contributed by atoms with van der Waals surface area (Å²) in [5.74, 6) is 3.36. The van der Waals surface area contributed by atoms with Gasteiger partial charge < -0.3 is 24.5 Å². The summed E-state index contributed by atoms with van der Waals surface area (Å²) in [6.07, 6.45) is 9.32. The highest BCUT2D eigenvalue weighted by Crippen LogP contribution is 2.60. The number of benzene rings is 1. The Balaban J connectivity index is 0.00000245. The summed E-state index contributed by atoms with van der Waals surface area (Å²) in [5, 5.41) is 7.38. The van der Waals surface area contributed by atoms with Crippen LogP contribution in [0, 0.1) is 11.3 Å². The second-order valence-electron chi connectivity index (χ2n) is 9.08. The van der Waals surface area contributed by atoms with E-state index in [4.69, 9.17) is 18.9 Å². The molecule has 2 aliphatic carbocycles. The van der Waals surface area contributed by atoms with E-state index in [1.54, 1.807) is 13.4 Å². The molecular weight excluding hydrogens is 517 g/mol. The molecule has 174 valence electrons. The Morgan fingerprint density at radius 1 is 1.19 bits per heavy atom. The molecule has 32 heavy (non-hydrogen) atoms. The van der Waals surface area contributed by atoms with Crippen molar-refractivity contribution in [3.05, 3.63) is 54.0 Å². The third kappa shape index (κ3) is 4.64. The van der Waals surface area contributed by atoms with E-state index < -0.39 is 0 Å². The lowest BCUT2D eigenvalue weighted by Crippen LogP contribution is -2.69. The Morgan fingerprint density at radius 3 is 2.72 bits per heavy atom. The van der Waals surface area contributed by atoms with Gasteiger partial charge in [0.05, 0.1) is 26.0 Å². The first-order valence-electron chi connectivity index (χ1n) is 11.6. The molecule has 3 fully saturated rings. The second kappa shape index (κ2) is 10.5. The van der Waals surface area contributed by atoms with Crippen LogP contribution in [-0.4, -0.2) is 38.4 Å². The summed E-state index contributed by atoms with van der Waals surface area (Å²) >= 11 is 0. The van der Waals surface area contributed by atoms with Crippen molar-refractivity contribution in [2.45, 2.75) is 57.2 Å². The molecule has 0 radical (unpaired) electrons. The van der Waals surface area contributed by atoms with E-state index in [-0.39, 0.29) is 24.0 Å². The summed E-state index contributed by atoms with van der Waals surface area (Å²) in [6.45, 7) is 2.32. The number of fused-ring (bicyclic) bond motifs is 2. The Kier molecular flexibility index (Phi) is 7.66. The zero-order valence-electron chi connectivity index (χ0n) is 18.7. The van der Waals surface area contributed by atoms with Gasteiger partial charge in [0.2, 0.25) is 0 Å². The Morgan fingerprint density at radius 2 is 2.00 bits per heavy atom. The van der Waals surface area contributed by atoms with Crippen molar-refractivity contribution in [1.82, 2.24) is 10.6 Å². The lowest BCUT2D eigenvalue weighted by Gasteiger charge is -2.57. The van der Waals surface area contributed by atoms with Crippen LogP contribution in [0.25, 0.3) is 0 Å². The third-order valence-electron chi connectivity index (χ3n) is 7.40. The molecule has 1 spiro atoms. The minimum atomic E-state index is 0. The molecule has 3 aliphatic rings. The normalized spacial score (nSPS) is 25.7. The standard InChI is InChI=1S/C25H33N3O3.HI/c1-29-19-8-6-18(7-9-19)17-27-24(26-14-10-20-5-4-15-30-20)28-22-21-11-16-31-23(21)25(22)12-2-3-13-25;/h4-9,15,21-23H,2-3,10-14,16-17H2,1H3,(H2,26,27,28);1H. The molecule has 6 nitrogen and oxygen atoms in total. The number of rotatable bonds is 7. The van der Waals surface area contributed by atoms with E-state index in [0.717, 1.165) is 43.5 Å². The quantitative estimate of drug-likeness (QED) is 0.301. The summed E-state index contributed by atoms with van der Waals surface area (Å²) in [5.41, 5.74) is 1.46. The lowest BCUT2D eigenvalue weighted by molar-refractivity contribution is -0.125. The lowest BCUT2D eigenvalue weighted by atomic mass is 9.54. The van der Waals surface area contributed by atoms with E-state index in [9.17, 15) is 0 Å². The fourth-order valence-electron chi connectivity index (χ4n) is 5.86. The van der Waals surface area contributed by atoms with E-state index in [2.05, 4.69) is 22.8 Å². The number of halogens is 1. The van der Waals surface area contributed by atoms with E-state index >= 15 is 0 Å². The molecular formula is C25H34IN3O3. The first kappa shape index (κ1) is 23.4. The first-order chi connectivity index (χ1) is 15.3. The van der Waals surface area contributed by atoms with E-state index in [1.807, 2.05) is 24.3 Å². The topological polar surface area (TPSA) is 68.0 Å². The van der Waals surface area contributed by atoms with Crippen LogP contribution >= 0.6 is 24.0 Å². The summed E-state index contributed by atoms with van der Waals surface area (Å²) < 4.78 is 16.9. The van der Waals surface area contributed by atoms with Gasteiger partial charge in [0, 0.05) is 36.9 Å². The van der Waals surface area contributed by atoms with Crippen molar-refractivity contribution >= 4 is 29.9 Å². The molecule has 7 heteroatoms. The van der Waals surface area contributed by atoms with Gasteiger partial charge in [-0.25, -0.2) is 4.99 Å². The molecule has 3 atom stereocenters. The van der Waals surface area contributed by atoms with Crippen molar-refractivity contribution in [3.63, 3.8) is 0 Å². The summed E-state index contributed by atoms with van der Waals surface area (Å²) in [4.78, 5) is 4.94. The van der Waals surface area contributed by atoms with Gasteiger partial charge in [-0.05, 0) is 49.1 Å². The largest absolute Gasteiger partial charge is 0.497 e. The van der Waals surface area contributed by atoms with Crippen LogP contribution in [0.3, 0.4) is 0 Å². The number of hydrogen-bond donors (Lipinski definition) is 2. The Hall–Kier alpha value is -1.74. The SMILES string of the molecule is COc1ccc(CN=C(NCCc2ccco2)NC2C3CCOC3C23CCCC3)cc1.I. The van der Waals surface area contributed by atoms with Crippen molar-refractivity contribution in [3.8, 4) is 5.75 Å². The Labute approximate surface area is 207 Å². The van der Waals surface area contributed by atoms with Crippen LogP contribution in [0.4, 0.5) is 0 Å². The zero-order valence-corrected chi connectivity index (χ0v) is 21.0. The molecule has 2 N–H and O–H groups in total. The maximum atomic E-state index is 6.16. The molecule has 1 aromatic carbocycles. The third-order valence-corrected chi connectivity index (χ3v) is 7.40. The maximum Gasteiger partial charge on any atom is 0.191 e. The van der Waals surface area contributed by atoms with Crippen LogP contribution in [0.2, 0.25) is 0 Å². The van der Waals surface area contributed by atoms with Crippen molar-refractivity contribution in [2.75, 3.05) is 20.3 Å². The first-order valence-corrected chi connectivity index (χ1v) is 11.6. The number of furan rings is 1. The molecule has 1 aliphatic heterocycles. The van der Waals surface area contributed by atoms with Gasteiger partial charge in [0.25, 0.3) is 0 Å². The van der Waals surface area contributed by atoms with Gasteiger partial charge >= 0.3 is 0 Å². The predicted octanol–water partition coefficient (Wildman–Crippen LogP) is 4.53. The summed E-state index contributed by atoms with van der Waals surface area (Å²) in [7, 11) is 1.69. The number of aliphatic imine (C=N–C) groups is 1. The van der Waals surface area contributed by atoms with Crippen molar-refractivity contribution < 1.29 is 13.9 Å². The highest BCUT2D eigenvalue weighted by atomic mass is 127. The summed E-state index contributed by atoms with van der Waals surface area (Å²) in [6, 6.07) is 12.5. The van der Waals surface area contributed by atoms with Gasteiger partial charge in [-0.3, -0.25) is 0 Å². The number of guanidine groups is 1. The smallest absolute Gasteiger partial charge is 0.191 e. The molecule has 5 rings (SSSR count). The molecule has 2 saturated carbocycles. The number of hydrogen-bond acceptors (Lipinski definition) is 4. The number of nitrogens with zero attached hydrogens (tertiary/aromatic N) is 1. The van der Waals surface area contributed by atoms with Crippen molar-refractivity contribution in [2.24, 2.45) is 16.3 Å². The second-order valence-corrected chi connectivity index (χ2v) is 9.08. The molecule has 3 unspecified atom stereocenters. The van der Waals surface area contributed by atoms with Gasteiger partial charge in [-0.15, -0.1) is 24.0 Å². The molecule has 1 aromatic heterocycles. The van der Waals surface area contributed by atoms with Gasteiger partial charge in [0.1, 0.15) is 11.5 Å². The highest BCUT2D eigenvalue weighted by molar-refractivity contribution is 14.0. The van der Waals surface area contributed by atoms with Gasteiger partial charge in [0.15, 0.2) is 5.96 Å². The molecule has 2 aromatic rings. The van der Waals surface area contributed by atoms with Gasteiger partial charge in [-0.2, -0.15) is 0 Å². The zero-order chi connectivity index (χ0) is 21.1. The van der Waals surface area contributed by atoms with Crippen LogP contribution in [0.5, 0.6) is 5.75 Å². The predicted molar refractivity (Wildman–Crippen MR) is 136 cm³/mol. The molecule has 0 bridgehead atoms. The minimum Gasteiger partial charge on any atom is -0.497 e. The van der Waals surface area contributed by atoms with Gasteiger partial charge in [-0.1, -0.05) is 25.0 Å².